The molecule has 0 aromatic carbocycles. The van der Waals surface area contributed by atoms with Crippen LogP contribution in [-0.4, -0.2) is 33.4 Å². The molecule has 2 unspecified atom stereocenters. The SMILES string of the molecule is Cc1cccn2c(CN3CC(C)C(N)C3)cnc12.Cl. The predicted molar refractivity (Wildman–Crippen MR) is 79.6 cm³/mol. The number of rotatable bonds is 2. The monoisotopic (exact) mass is 280 g/mol. The highest BCUT2D eigenvalue weighted by molar-refractivity contribution is 5.85. The Morgan fingerprint density at radius 1 is 1.42 bits per heavy atom. The van der Waals surface area contributed by atoms with Crippen LogP contribution >= 0.6 is 12.4 Å². The fraction of sp³-hybridized carbons (Fsp3) is 0.500. The van der Waals surface area contributed by atoms with E-state index in [-0.39, 0.29) is 12.4 Å². The third-order valence-corrected chi connectivity index (χ3v) is 3.94. The second kappa shape index (κ2) is 5.49. The van der Waals surface area contributed by atoms with Crippen LogP contribution in [0.5, 0.6) is 0 Å². The Hall–Kier alpha value is -1.10. The Morgan fingerprint density at radius 3 is 2.89 bits per heavy atom. The van der Waals surface area contributed by atoms with Crippen molar-refractivity contribution in [3.8, 4) is 0 Å². The van der Waals surface area contributed by atoms with E-state index in [0.29, 0.717) is 12.0 Å². The number of nitrogens with zero attached hydrogens (tertiary/aromatic N) is 3. The van der Waals surface area contributed by atoms with E-state index >= 15 is 0 Å². The van der Waals surface area contributed by atoms with E-state index in [4.69, 9.17) is 5.73 Å². The van der Waals surface area contributed by atoms with Gasteiger partial charge in [0.25, 0.3) is 0 Å². The molecule has 0 radical (unpaired) electrons. The first-order chi connectivity index (χ1) is 8.65. The molecule has 1 aliphatic heterocycles. The molecule has 1 saturated heterocycles. The second-order valence-electron chi connectivity index (χ2n) is 5.47. The maximum absolute atomic E-state index is 6.07. The lowest BCUT2D eigenvalue weighted by molar-refractivity contribution is 0.314. The van der Waals surface area contributed by atoms with Gasteiger partial charge in [0, 0.05) is 31.9 Å². The van der Waals surface area contributed by atoms with E-state index < -0.39 is 0 Å². The van der Waals surface area contributed by atoms with Gasteiger partial charge >= 0.3 is 0 Å². The molecule has 2 atom stereocenters. The molecular weight excluding hydrogens is 260 g/mol. The Kier molecular flexibility index (Phi) is 4.13. The average Bonchev–Trinajstić information content (AvgIpc) is 2.86. The van der Waals surface area contributed by atoms with Gasteiger partial charge in [-0.25, -0.2) is 4.98 Å². The van der Waals surface area contributed by atoms with Crippen LogP contribution in [0.3, 0.4) is 0 Å². The zero-order chi connectivity index (χ0) is 12.7. The lowest BCUT2D eigenvalue weighted by atomic mass is 10.1. The summed E-state index contributed by atoms with van der Waals surface area (Å²) in [6, 6.07) is 4.48. The molecule has 0 saturated carbocycles. The first-order valence-corrected chi connectivity index (χ1v) is 6.54. The molecule has 0 spiro atoms. The maximum atomic E-state index is 6.07. The van der Waals surface area contributed by atoms with Gasteiger partial charge in [-0.2, -0.15) is 0 Å². The van der Waals surface area contributed by atoms with E-state index in [1.165, 1.54) is 11.3 Å². The number of pyridine rings is 1. The summed E-state index contributed by atoms with van der Waals surface area (Å²) in [6.45, 7) is 7.33. The lowest BCUT2D eigenvalue weighted by Gasteiger charge is -2.14. The largest absolute Gasteiger partial charge is 0.326 e. The van der Waals surface area contributed by atoms with Crippen molar-refractivity contribution in [2.75, 3.05) is 13.1 Å². The minimum Gasteiger partial charge on any atom is -0.326 e. The third kappa shape index (κ3) is 2.61. The fourth-order valence-electron chi connectivity index (χ4n) is 2.77. The average molecular weight is 281 g/mol. The Bertz CT molecular complexity index is 556. The number of imidazole rings is 1. The smallest absolute Gasteiger partial charge is 0.139 e. The molecular formula is C14H21ClN4. The van der Waals surface area contributed by atoms with Crippen molar-refractivity contribution < 1.29 is 0 Å². The summed E-state index contributed by atoms with van der Waals surface area (Å²) < 4.78 is 2.18. The van der Waals surface area contributed by atoms with Gasteiger partial charge in [-0.3, -0.25) is 4.90 Å². The highest BCUT2D eigenvalue weighted by atomic mass is 35.5. The van der Waals surface area contributed by atoms with Crippen LogP contribution in [0, 0.1) is 12.8 Å². The van der Waals surface area contributed by atoms with Gasteiger partial charge in [0.05, 0.1) is 11.9 Å². The molecule has 5 heteroatoms. The summed E-state index contributed by atoms with van der Waals surface area (Å²) in [4.78, 5) is 6.92. The molecule has 19 heavy (non-hydrogen) atoms. The molecule has 3 heterocycles. The standard InChI is InChI=1S/C14H20N4.ClH/c1-10-4-3-5-18-12(6-16-14(10)18)8-17-7-11(2)13(15)9-17;/h3-6,11,13H,7-9,15H2,1-2H3;1H. The Morgan fingerprint density at radius 2 is 2.21 bits per heavy atom. The lowest BCUT2D eigenvalue weighted by Crippen LogP contribution is -2.28. The first kappa shape index (κ1) is 14.3. The highest BCUT2D eigenvalue weighted by Gasteiger charge is 2.26. The Labute approximate surface area is 120 Å². The van der Waals surface area contributed by atoms with Gasteiger partial charge in [-0.05, 0) is 24.5 Å². The molecule has 104 valence electrons. The van der Waals surface area contributed by atoms with Gasteiger partial charge in [0.1, 0.15) is 5.65 Å². The number of hydrogen-bond donors (Lipinski definition) is 1. The first-order valence-electron chi connectivity index (χ1n) is 6.54. The number of nitrogens with two attached hydrogens (primary N) is 1. The normalized spacial score (nSPS) is 23.7. The molecule has 0 bridgehead atoms. The van der Waals surface area contributed by atoms with Crippen molar-refractivity contribution in [2.24, 2.45) is 11.7 Å². The molecule has 2 aromatic rings. The van der Waals surface area contributed by atoms with E-state index in [2.05, 4.69) is 46.5 Å². The summed E-state index contributed by atoms with van der Waals surface area (Å²) in [7, 11) is 0. The number of aryl methyl sites for hydroxylation is 1. The minimum atomic E-state index is 0. The molecule has 1 fully saturated rings. The van der Waals surface area contributed by atoms with Gasteiger partial charge in [0.2, 0.25) is 0 Å². The highest BCUT2D eigenvalue weighted by Crippen LogP contribution is 2.18. The van der Waals surface area contributed by atoms with Crippen molar-refractivity contribution >= 4 is 18.1 Å². The van der Waals surface area contributed by atoms with E-state index in [0.717, 1.165) is 25.3 Å². The fourth-order valence-corrected chi connectivity index (χ4v) is 2.77. The van der Waals surface area contributed by atoms with Crippen molar-refractivity contribution in [2.45, 2.75) is 26.4 Å². The van der Waals surface area contributed by atoms with Crippen LogP contribution in [0.2, 0.25) is 0 Å². The number of fused-ring (bicyclic) bond motifs is 1. The number of aromatic nitrogens is 2. The van der Waals surface area contributed by atoms with E-state index in [1.54, 1.807) is 0 Å². The summed E-state index contributed by atoms with van der Waals surface area (Å²) in [5, 5.41) is 0. The van der Waals surface area contributed by atoms with Crippen molar-refractivity contribution in [3.63, 3.8) is 0 Å². The van der Waals surface area contributed by atoms with Crippen LogP contribution in [0.25, 0.3) is 5.65 Å². The minimum absolute atomic E-state index is 0. The van der Waals surface area contributed by atoms with Crippen molar-refractivity contribution in [1.29, 1.82) is 0 Å². The van der Waals surface area contributed by atoms with Crippen LogP contribution in [0.4, 0.5) is 0 Å². The van der Waals surface area contributed by atoms with Crippen LogP contribution in [-0.2, 0) is 6.54 Å². The number of likely N-dealkylation sites (tertiary alicyclic amines) is 1. The molecule has 4 nitrogen and oxygen atoms in total. The molecule has 0 aliphatic carbocycles. The van der Waals surface area contributed by atoms with Gasteiger partial charge in [-0.15, -0.1) is 12.4 Å². The van der Waals surface area contributed by atoms with Crippen molar-refractivity contribution in [3.05, 3.63) is 35.8 Å². The molecule has 3 rings (SSSR count). The third-order valence-electron chi connectivity index (χ3n) is 3.94. The van der Waals surface area contributed by atoms with Gasteiger partial charge in [-0.1, -0.05) is 13.0 Å². The molecule has 0 amide bonds. The summed E-state index contributed by atoms with van der Waals surface area (Å²) in [6.07, 6.45) is 4.07. The molecule has 2 N–H and O–H groups in total. The maximum Gasteiger partial charge on any atom is 0.139 e. The van der Waals surface area contributed by atoms with E-state index in [1.807, 2.05) is 6.20 Å². The topological polar surface area (TPSA) is 46.6 Å². The second-order valence-corrected chi connectivity index (χ2v) is 5.47. The number of hydrogen-bond acceptors (Lipinski definition) is 3. The Balaban J connectivity index is 0.00000133. The van der Waals surface area contributed by atoms with E-state index in [9.17, 15) is 0 Å². The quantitative estimate of drug-likeness (QED) is 0.913. The zero-order valence-electron chi connectivity index (χ0n) is 11.4. The van der Waals surface area contributed by atoms with Crippen LogP contribution in [0.15, 0.2) is 24.5 Å². The predicted octanol–water partition coefficient (Wildman–Crippen LogP) is 1.84. The number of halogens is 1. The van der Waals surface area contributed by atoms with Gasteiger partial charge < -0.3 is 10.1 Å². The van der Waals surface area contributed by atoms with Crippen LogP contribution in [0.1, 0.15) is 18.2 Å². The van der Waals surface area contributed by atoms with Crippen LogP contribution < -0.4 is 5.73 Å². The molecule has 1 aliphatic rings. The zero-order valence-corrected chi connectivity index (χ0v) is 12.2. The summed E-state index contributed by atoms with van der Waals surface area (Å²) >= 11 is 0. The summed E-state index contributed by atoms with van der Waals surface area (Å²) in [5.74, 6) is 0.589. The van der Waals surface area contributed by atoms with Gasteiger partial charge in [0.15, 0.2) is 0 Å². The summed E-state index contributed by atoms with van der Waals surface area (Å²) in [5.41, 5.74) is 9.59. The van der Waals surface area contributed by atoms with Crippen molar-refractivity contribution in [1.82, 2.24) is 14.3 Å². The molecule has 2 aromatic heterocycles.